The van der Waals surface area contributed by atoms with Gasteiger partial charge in [-0.3, -0.25) is 14.6 Å². The molecule has 0 aliphatic carbocycles. The summed E-state index contributed by atoms with van der Waals surface area (Å²) >= 11 is 0. The lowest BCUT2D eigenvalue weighted by atomic mass is 10.1. The number of benzene rings is 3. The monoisotopic (exact) mass is 390 g/mol. The Labute approximate surface area is 169 Å². The van der Waals surface area contributed by atoms with Crippen LogP contribution in [-0.4, -0.2) is 9.55 Å². The molecule has 30 heavy (non-hydrogen) atoms. The molecule has 0 bridgehead atoms. The lowest BCUT2D eigenvalue weighted by Gasteiger charge is -2.01. The third kappa shape index (κ3) is 2.26. The molecule has 5 heteroatoms. The smallest absolute Gasteiger partial charge is 0.267 e. The van der Waals surface area contributed by atoms with Gasteiger partial charge in [-0.1, -0.05) is 36.4 Å². The molecule has 0 fully saturated rings. The standard InChI is InChI=1S/C25H14N2O3/c28-24-20-12-19-17-8-4-5-9-22(17)30-23(19)13-18(20)16-10-11-26-14-21(16)25(29)27(24)15-6-2-1-3-7-15/h1-14H. The summed E-state index contributed by atoms with van der Waals surface area (Å²) in [6.07, 6.45) is 3.14. The third-order valence-electron chi connectivity index (χ3n) is 5.51. The maximum atomic E-state index is 13.7. The molecule has 6 aromatic rings. The van der Waals surface area contributed by atoms with E-state index in [4.69, 9.17) is 4.42 Å². The van der Waals surface area contributed by atoms with Gasteiger partial charge >= 0.3 is 0 Å². The molecule has 0 saturated carbocycles. The van der Waals surface area contributed by atoms with E-state index in [0.717, 1.165) is 16.4 Å². The molecule has 0 aliphatic rings. The first-order chi connectivity index (χ1) is 14.7. The highest BCUT2D eigenvalue weighted by molar-refractivity contribution is 6.14. The average molecular weight is 390 g/mol. The van der Waals surface area contributed by atoms with Gasteiger partial charge in [-0.2, -0.15) is 0 Å². The highest BCUT2D eigenvalue weighted by atomic mass is 16.3. The molecular formula is C25H14N2O3. The lowest BCUT2D eigenvalue weighted by molar-refractivity contribution is 0.669. The zero-order valence-corrected chi connectivity index (χ0v) is 15.7. The van der Waals surface area contributed by atoms with Crippen LogP contribution in [0.3, 0.4) is 0 Å². The van der Waals surface area contributed by atoms with E-state index in [-0.39, 0.29) is 5.56 Å². The Morgan fingerprint density at radius 3 is 2.27 bits per heavy atom. The van der Waals surface area contributed by atoms with Crippen molar-refractivity contribution in [2.45, 2.75) is 0 Å². The number of pyridine rings is 1. The van der Waals surface area contributed by atoms with Crippen molar-refractivity contribution in [3.8, 4) is 5.69 Å². The number of rotatable bonds is 1. The summed E-state index contributed by atoms with van der Waals surface area (Å²) < 4.78 is 7.25. The predicted molar refractivity (Wildman–Crippen MR) is 118 cm³/mol. The number of hydrogen-bond acceptors (Lipinski definition) is 4. The Morgan fingerprint density at radius 2 is 1.40 bits per heavy atom. The third-order valence-corrected chi connectivity index (χ3v) is 5.51. The van der Waals surface area contributed by atoms with Crippen molar-refractivity contribution in [2.75, 3.05) is 0 Å². The Balaban J connectivity index is 1.93. The van der Waals surface area contributed by atoms with Crippen LogP contribution in [0.15, 0.2) is 99.2 Å². The van der Waals surface area contributed by atoms with Crippen molar-refractivity contribution in [3.63, 3.8) is 0 Å². The molecule has 0 radical (unpaired) electrons. The summed E-state index contributed by atoms with van der Waals surface area (Å²) in [7, 11) is 0. The highest BCUT2D eigenvalue weighted by Crippen LogP contribution is 2.32. The van der Waals surface area contributed by atoms with Crippen LogP contribution >= 0.6 is 0 Å². The number of hydrogen-bond donors (Lipinski definition) is 0. The number of furan rings is 1. The minimum Gasteiger partial charge on any atom is -0.456 e. The Bertz CT molecular complexity index is 1730. The second kappa shape index (κ2) is 6.12. The van der Waals surface area contributed by atoms with Crippen LogP contribution in [0.1, 0.15) is 0 Å². The molecule has 0 saturated heterocycles. The molecular weight excluding hydrogens is 376 g/mol. The van der Waals surface area contributed by atoms with Gasteiger partial charge in [-0.05, 0) is 47.2 Å². The minimum atomic E-state index is -0.396. The maximum absolute atomic E-state index is 13.7. The predicted octanol–water partition coefficient (Wildman–Crippen LogP) is 4.80. The van der Waals surface area contributed by atoms with Gasteiger partial charge in [0.15, 0.2) is 0 Å². The SMILES string of the molecule is O=c1c2cnccc2c2cc3oc4ccccc4c3cc2c(=O)n1-c1ccccc1. The number of fused-ring (bicyclic) bond motifs is 6. The van der Waals surface area contributed by atoms with E-state index >= 15 is 0 Å². The van der Waals surface area contributed by atoms with Crippen LogP contribution in [0.2, 0.25) is 0 Å². The molecule has 6 rings (SSSR count). The number of aromatic nitrogens is 2. The zero-order valence-electron chi connectivity index (χ0n) is 15.7. The van der Waals surface area contributed by atoms with Crippen molar-refractivity contribution in [1.82, 2.24) is 9.55 Å². The summed E-state index contributed by atoms with van der Waals surface area (Å²) in [5.41, 5.74) is 1.18. The number of nitrogens with zero attached hydrogens (tertiary/aromatic N) is 2. The summed E-state index contributed by atoms with van der Waals surface area (Å²) in [5, 5.41) is 3.94. The Hall–Kier alpha value is -4.25. The van der Waals surface area contributed by atoms with Gasteiger partial charge in [0, 0.05) is 28.6 Å². The molecule has 3 aromatic heterocycles. The molecule has 3 aromatic carbocycles. The lowest BCUT2D eigenvalue weighted by Crippen LogP contribution is -2.28. The average Bonchev–Trinajstić information content (AvgIpc) is 3.12. The second-order valence-corrected chi connectivity index (χ2v) is 7.19. The first-order valence-electron chi connectivity index (χ1n) is 9.56. The first-order valence-corrected chi connectivity index (χ1v) is 9.56. The van der Waals surface area contributed by atoms with Gasteiger partial charge < -0.3 is 4.42 Å². The zero-order chi connectivity index (χ0) is 20.2. The molecule has 0 amide bonds. The fourth-order valence-corrected chi connectivity index (χ4v) is 4.12. The van der Waals surface area contributed by atoms with E-state index in [9.17, 15) is 9.59 Å². The molecule has 0 spiro atoms. The second-order valence-electron chi connectivity index (χ2n) is 7.19. The summed E-state index contributed by atoms with van der Waals surface area (Å²) in [6, 6.07) is 22.1. The normalized spacial score (nSPS) is 11.6. The largest absolute Gasteiger partial charge is 0.456 e. The van der Waals surface area contributed by atoms with E-state index in [0.29, 0.717) is 32.8 Å². The van der Waals surface area contributed by atoms with Crippen LogP contribution < -0.4 is 11.1 Å². The van der Waals surface area contributed by atoms with E-state index in [1.54, 1.807) is 36.5 Å². The van der Waals surface area contributed by atoms with Crippen LogP contribution in [0.25, 0.3) is 49.2 Å². The maximum Gasteiger partial charge on any atom is 0.267 e. The highest BCUT2D eigenvalue weighted by Gasteiger charge is 2.15. The molecule has 0 N–H and O–H groups in total. The van der Waals surface area contributed by atoms with Gasteiger partial charge in [-0.25, -0.2) is 4.57 Å². The van der Waals surface area contributed by atoms with Crippen molar-refractivity contribution in [2.24, 2.45) is 0 Å². The van der Waals surface area contributed by atoms with Crippen molar-refractivity contribution >= 4 is 43.5 Å². The fourth-order valence-electron chi connectivity index (χ4n) is 4.12. The summed E-state index contributed by atoms with van der Waals surface area (Å²) in [5.74, 6) is 0. The van der Waals surface area contributed by atoms with E-state index in [1.165, 1.54) is 10.8 Å². The molecule has 0 unspecified atom stereocenters. The molecule has 0 aliphatic heterocycles. The molecule has 0 atom stereocenters. The van der Waals surface area contributed by atoms with E-state index < -0.39 is 5.56 Å². The van der Waals surface area contributed by atoms with Gasteiger partial charge in [0.05, 0.1) is 11.1 Å². The van der Waals surface area contributed by atoms with Crippen molar-refractivity contribution in [3.05, 3.63) is 106 Å². The number of para-hydroxylation sites is 2. The van der Waals surface area contributed by atoms with Crippen LogP contribution in [0.4, 0.5) is 0 Å². The van der Waals surface area contributed by atoms with E-state index in [1.807, 2.05) is 42.5 Å². The van der Waals surface area contributed by atoms with Crippen LogP contribution in [-0.2, 0) is 0 Å². The van der Waals surface area contributed by atoms with Crippen LogP contribution in [0, 0.1) is 0 Å². The molecule has 5 nitrogen and oxygen atoms in total. The van der Waals surface area contributed by atoms with Crippen molar-refractivity contribution in [1.29, 1.82) is 0 Å². The van der Waals surface area contributed by atoms with Gasteiger partial charge in [0.25, 0.3) is 11.1 Å². The summed E-state index contributed by atoms with van der Waals surface area (Å²) in [4.78, 5) is 31.2. The van der Waals surface area contributed by atoms with Crippen LogP contribution in [0.5, 0.6) is 0 Å². The first kappa shape index (κ1) is 16.7. The van der Waals surface area contributed by atoms with Gasteiger partial charge in [0.1, 0.15) is 11.2 Å². The Morgan fingerprint density at radius 1 is 0.633 bits per heavy atom. The summed E-state index contributed by atoms with van der Waals surface area (Å²) in [6.45, 7) is 0. The molecule has 3 heterocycles. The quantitative estimate of drug-likeness (QED) is 0.405. The fraction of sp³-hybridized carbons (Fsp3) is 0. The minimum absolute atomic E-state index is 0.371. The van der Waals surface area contributed by atoms with E-state index in [2.05, 4.69) is 4.98 Å². The van der Waals surface area contributed by atoms with Gasteiger partial charge in [0.2, 0.25) is 0 Å². The van der Waals surface area contributed by atoms with Gasteiger partial charge in [-0.15, -0.1) is 0 Å². The molecule has 142 valence electrons. The van der Waals surface area contributed by atoms with Crippen molar-refractivity contribution < 1.29 is 4.42 Å². The topological polar surface area (TPSA) is 65.1 Å². The Kier molecular flexibility index (Phi) is 3.40.